The zero-order chi connectivity index (χ0) is 18.5. The number of unbranched alkanes of at least 4 members (excludes halogenated alkanes) is 2. The van der Waals surface area contributed by atoms with Crippen molar-refractivity contribution in [1.29, 1.82) is 0 Å². The van der Waals surface area contributed by atoms with E-state index in [9.17, 15) is 0 Å². The molecule has 0 unspecified atom stereocenters. The molecule has 0 aliphatic carbocycles. The van der Waals surface area contributed by atoms with Gasteiger partial charge in [-0.15, -0.1) is 10.2 Å². The lowest BCUT2D eigenvalue weighted by Gasteiger charge is -2.13. The molecule has 0 fully saturated rings. The normalized spacial score (nSPS) is 11.5. The fourth-order valence-corrected chi connectivity index (χ4v) is 2.73. The SMILES string of the molecule is CCCCCN=C(NCCc1ccccc1)NCCn1cnnc1CC. The molecule has 6 heteroatoms. The summed E-state index contributed by atoms with van der Waals surface area (Å²) in [6, 6.07) is 10.5. The summed E-state index contributed by atoms with van der Waals surface area (Å²) in [6.45, 7) is 7.68. The van der Waals surface area contributed by atoms with Crippen LogP contribution in [0.1, 0.15) is 44.5 Å². The van der Waals surface area contributed by atoms with Crippen LogP contribution in [0.2, 0.25) is 0 Å². The van der Waals surface area contributed by atoms with Crippen molar-refractivity contribution < 1.29 is 0 Å². The van der Waals surface area contributed by atoms with E-state index in [0.29, 0.717) is 0 Å². The molecule has 0 radical (unpaired) electrons. The Balaban J connectivity index is 1.80. The van der Waals surface area contributed by atoms with Gasteiger partial charge in [0.1, 0.15) is 12.2 Å². The van der Waals surface area contributed by atoms with Crippen LogP contribution >= 0.6 is 0 Å². The van der Waals surface area contributed by atoms with Crippen LogP contribution in [-0.4, -0.2) is 40.4 Å². The molecule has 0 bridgehead atoms. The third-order valence-corrected chi connectivity index (χ3v) is 4.24. The highest BCUT2D eigenvalue weighted by Gasteiger charge is 2.03. The molecule has 0 spiro atoms. The Morgan fingerprint density at radius 2 is 1.88 bits per heavy atom. The van der Waals surface area contributed by atoms with E-state index in [1.807, 2.05) is 0 Å². The van der Waals surface area contributed by atoms with Gasteiger partial charge in [-0.1, -0.05) is 57.0 Å². The molecular weight excluding hydrogens is 324 g/mol. The maximum atomic E-state index is 4.71. The zero-order valence-electron chi connectivity index (χ0n) is 16.1. The highest BCUT2D eigenvalue weighted by atomic mass is 15.3. The summed E-state index contributed by atoms with van der Waals surface area (Å²) < 4.78 is 2.09. The van der Waals surface area contributed by atoms with Gasteiger partial charge < -0.3 is 15.2 Å². The number of aromatic nitrogens is 3. The van der Waals surface area contributed by atoms with Crippen molar-refractivity contribution in [2.24, 2.45) is 4.99 Å². The van der Waals surface area contributed by atoms with Crippen molar-refractivity contribution >= 4 is 5.96 Å². The number of hydrogen-bond acceptors (Lipinski definition) is 3. The van der Waals surface area contributed by atoms with E-state index < -0.39 is 0 Å². The van der Waals surface area contributed by atoms with Gasteiger partial charge in [-0.2, -0.15) is 0 Å². The molecule has 2 rings (SSSR count). The highest BCUT2D eigenvalue weighted by Crippen LogP contribution is 1.99. The lowest BCUT2D eigenvalue weighted by Crippen LogP contribution is -2.40. The Hall–Kier alpha value is -2.37. The van der Waals surface area contributed by atoms with Crippen LogP contribution in [-0.2, 0) is 19.4 Å². The maximum Gasteiger partial charge on any atom is 0.191 e. The van der Waals surface area contributed by atoms with Gasteiger partial charge >= 0.3 is 0 Å². The number of nitrogens with zero attached hydrogens (tertiary/aromatic N) is 4. The van der Waals surface area contributed by atoms with Gasteiger partial charge in [0.25, 0.3) is 0 Å². The minimum absolute atomic E-state index is 0.802. The molecule has 0 aliphatic heterocycles. The van der Waals surface area contributed by atoms with Crippen LogP contribution in [0.5, 0.6) is 0 Å². The van der Waals surface area contributed by atoms with Gasteiger partial charge in [0, 0.05) is 32.6 Å². The molecule has 142 valence electrons. The largest absolute Gasteiger partial charge is 0.356 e. The average Bonchev–Trinajstić information content (AvgIpc) is 3.13. The topological polar surface area (TPSA) is 67.1 Å². The monoisotopic (exact) mass is 356 g/mol. The quantitative estimate of drug-likeness (QED) is 0.369. The summed E-state index contributed by atoms with van der Waals surface area (Å²) in [6.07, 6.45) is 7.25. The van der Waals surface area contributed by atoms with Gasteiger partial charge in [0.15, 0.2) is 5.96 Å². The first kappa shape index (κ1) is 19.9. The Morgan fingerprint density at radius 1 is 1.08 bits per heavy atom. The van der Waals surface area contributed by atoms with Crippen molar-refractivity contribution in [1.82, 2.24) is 25.4 Å². The van der Waals surface area contributed by atoms with Crippen molar-refractivity contribution in [3.8, 4) is 0 Å². The highest BCUT2D eigenvalue weighted by molar-refractivity contribution is 5.79. The molecule has 2 aromatic rings. The molecule has 6 nitrogen and oxygen atoms in total. The van der Waals surface area contributed by atoms with Crippen molar-refractivity contribution in [3.63, 3.8) is 0 Å². The Kier molecular flexibility index (Phi) is 9.25. The van der Waals surface area contributed by atoms with Crippen molar-refractivity contribution in [2.75, 3.05) is 19.6 Å². The van der Waals surface area contributed by atoms with Gasteiger partial charge in [-0.25, -0.2) is 0 Å². The summed E-state index contributed by atoms with van der Waals surface area (Å²) >= 11 is 0. The number of aryl methyl sites for hydroxylation is 1. The third kappa shape index (κ3) is 7.25. The van der Waals surface area contributed by atoms with Gasteiger partial charge in [0.2, 0.25) is 0 Å². The minimum atomic E-state index is 0.802. The number of nitrogens with one attached hydrogen (secondary N) is 2. The second-order valence-corrected chi connectivity index (χ2v) is 6.32. The molecular formula is C20H32N6. The molecule has 0 amide bonds. The molecule has 26 heavy (non-hydrogen) atoms. The molecule has 1 aromatic carbocycles. The summed E-state index contributed by atoms with van der Waals surface area (Å²) in [5, 5.41) is 15.0. The van der Waals surface area contributed by atoms with Gasteiger partial charge in [-0.05, 0) is 18.4 Å². The predicted molar refractivity (Wildman–Crippen MR) is 107 cm³/mol. The number of rotatable bonds is 11. The Morgan fingerprint density at radius 3 is 2.65 bits per heavy atom. The zero-order valence-corrected chi connectivity index (χ0v) is 16.1. The number of guanidine groups is 1. The summed E-state index contributed by atoms with van der Waals surface area (Å²) in [7, 11) is 0. The molecule has 2 N–H and O–H groups in total. The van der Waals surface area contributed by atoms with E-state index in [2.05, 4.69) is 69.6 Å². The van der Waals surface area contributed by atoms with Gasteiger partial charge in [-0.3, -0.25) is 4.99 Å². The van der Waals surface area contributed by atoms with Crippen molar-refractivity contribution in [3.05, 3.63) is 48.0 Å². The summed E-state index contributed by atoms with van der Waals surface area (Å²) in [5.74, 6) is 1.91. The lowest BCUT2D eigenvalue weighted by atomic mass is 10.1. The number of aliphatic imine (C=N–C) groups is 1. The first-order valence-electron chi connectivity index (χ1n) is 9.76. The van der Waals surface area contributed by atoms with Crippen LogP contribution < -0.4 is 10.6 Å². The van der Waals surface area contributed by atoms with E-state index in [1.54, 1.807) is 6.33 Å². The first-order valence-corrected chi connectivity index (χ1v) is 9.76. The Labute approximate surface area is 157 Å². The second kappa shape index (κ2) is 12.1. The van der Waals surface area contributed by atoms with Crippen LogP contribution in [0.3, 0.4) is 0 Å². The molecule has 0 aliphatic rings. The molecule has 0 atom stereocenters. The van der Waals surface area contributed by atoms with E-state index in [-0.39, 0.29) is 0 Å². The van der Waals surface area contributed by atoms with E-state index in [1.165, 1.54) is 18.4 Å². The van der Waals surface area contributed by atoms with Crippen LogP contribution in [0, 0.1) is 0 Å². The first-order chi connectivity index (χ1) is 12.8. The summed E-state index contributed by atoms with van der Waals surface area (Å²) in [5.41, 5.74) is 1.34. The van der Waals surface area contributed by atoms with Gasteiger partial charge in [0.05, 0.1) is 0 Å². The lowest BCUT2D eigenvalue weighted by molar-refractivity contribution is 0.630. The van der Waals surface area contributed by atoms with Crippen LogP contribution in [0.4, 0.5) is 0 Å². The minimum Gasteiger partial charge on any atom is -0.356 e. The molecule has 1 aromatic heterocycles. The smallest absolute Gasteiger partial charge is 0.191 e. The molecule has 1 heterocycles. The Bertz CT molecular complexity index is 635. The standard InChI is InChI=1S/C20H32N6/c1-3-5-9-13-21-20(22-14-12-18-10-7-6-8-11-18)23-15-16-26-17-24-25-19(26)4-2/h6-8,10-11,17H,3-5,9,12-16H2,1-2H3,(H2,21,22,23). The second-order valence-electron chi connectivity index (χ2n) is 6.32. The fraction of sp³-hybridized carbons (Fsp3) is 0.550. The third-order valence-electron chi connectivity index (χ3n) is 4.24. The molecule has 0 saturated heterocycles. The van der Waals surface area contributed by atoms with E-state index >= 15 is 0 Å². The average molecular weight is 357 g/mol. The van der Waals surface area contributed by atoms with Crippen molar-refractivity contribution in [2.45, 2.75) is 52.5 Å². The predicted octanol–water partition coefficient (Wildman–Crippen LogP) is 2.81. The summed E-state index contributed by atoms with van der Waals surface area (Å²) in [4.78, 5) is 4.71. The maximum absolute atomic E-state index is 4.71. The number of hydrogen-bond donors (Lipinski definition) is 2. The van der Waals surface area contributed by atoms with Crippen LogP contribution in [0.15, 0.2) is 41.7 Å². The fourth-order valence-electron chi connectivity index (χ4n) is 2.73. The number of benzene rings is 1. The van der Waals surface area contributed by atoms with Crippen LogP contribution in [0.25, 0.3) is 0 Å². The van der Waals surface area contributed by atoms with E-state index in [4.69, 9.17) is 4.99 Å². The molecule has 0 saturated carbocycles. The van der Waals surface area contributed by atoms with E-state index in [0.717, 1.165) is 57.2 Å².